The van der Waals surface area contributed by atoms with Crippen LogP contribution in [0, 0.1) is 20.8 Å². The Morgan fingerprint density at radius 2 is 1.89 bits per heavy atom. The Kier molecular flexibility index (Phi) is 3.86. The molecule has 0 atom stereocenters. The molecule has 0 saturated heterocycles. The van der Waals surface area contributed by atoms with E-state index in [1.807, 2.05) is 14.0 Å². The molecule has 2 rings (SSSR count). The monoisotopic (exact) mass is 255 g/mol. The molecule has 100 valence electrons. The summed E-state index contributed by atoms with van der Waals surface area (Å²) in [6.45, 7) is 6.70. The highest BCUT2D eigenvalue weighted by Crippen LogP contribution is 2.28. The molecule has 0 amide bonds. The van der Waals surface area contributed by atoms with Crippen LogP contribution in [0.4, 0.5) is 11.5 Å². The van der Waals surface area contributed by atoms with Crippen LogP contribution in [0.25, 0.3) is 0 Å². The number of nitrogens with zero attached hydrogens (tertiary/aromatic N) is 2. The van der Waals surface area contributed by atoms with Gasteiger partial charge in [0.25, 0.3) is 0 Å². The molecule has 3 nitrogen and oxygen atoms in total. The molecule has 0 unspecified atom stereocenters. The molecule has 0 radical (unpaired) electrons. The number of pyridine rings is 1. The first-order chi connectivity index (χ1) is 9.02. The van der Waals surface area contributed by atoms with Crippen LogP contribution in [-0.2, 0) is 6.54 Å². The minimum absolute atomic E-state index is 0.505. The summed E-state index contributed by atoms with van der Waals surface area (Å²) in [5, 5.41) is 0. The first-order valence-corrected chi connectivity index (χ1v) is 6.50. The Balaban J connectivity index is 2.52. The zero-order valence-corrected chi connectivity index (χ0v) is 12.1. The van der Waals surface area contributed by atoms with Gasteiger partial charge in [-0.25, -0.2) is 4.98 Å². The first-order valence-electron chi connectivity index (χ1n) is 6.50. The van der Waals surface area contributed by atoms with E-state index in [0.29, 0.717) is 6.54 Å². The van der Waals surface area contributed by atoms with E-state index in [9.17, 15) is 0 Å². The number of aromatic nitrogens is 1. The molecule has 1 aromatic carbocycles. The zero-order valence-electron chi connectivity index (χ0n) is 12.1. The fourth-order valence-electron chi connectivity index (χ4n) is 2.33. The van der Waals surface area contributed by atoms with Gasteiger partial charge in [0.1, 0.15) is 5.82 Å². The van der Waals surface area contributed by atoms with E-state index in [2.05, 4.69) is 54.1 Å². The summed E-state index contributed by atoms with van der Waals surface area (Å²) < 4.78 is 0. The molecular formula is C16H21N3. The molecule has 0 aliphatic carbocycles. The molecule has 0 spiro atoms. The number of anilines is 2. The summed E-state index contributed by atoms with van der Waals surface area (Å²) in [5.74, 6) is 0.950. The van der Waals surface area contributed by atoms with E-state index in [4.69, 9.17) is 5.73 Å². The lowest BCUT2D eigenvalue weighted by Gasteiger charge is -2.23. The highest BCUT2D eigenvalue weighted by atomic mass is 15.2. The van der Waals surface area contributed by atoms with Crippen molar-refractivity contribution in [1.82, 2.24) is 4.98 Å². The van der Waals surface area contributed by atoms with Gasteiger partial charge in [-0.3, -0.25) is 0 Å². The van der Waals surface area contributed by atoms with Gasteiger partial charge in [0.05, 0.1) is 0 Å². The molecule has 0 aliphatic heterocycles. The van der Waals surface area contributed by atoms with Gasteiger partial charge >= 0.3 is 0 Å². The van der Waals surface area contributed by atoms with E-state index in [0.717, 1.165) is 22.8 Å². The SMILES string of the molecule is Cc1cccc(N(C)c2nc(C)cc(C)c2CN)c1. The average Bonchev–Trinajstić information content (AvgIpc) is 2.37. The lowest BCUT2D eigenvalue weighted by molar-refractivity contribution is 0.976. The standard InChI is InChI=1S/C16H21N3/c1-11-6-5-7-14(8-11)19(4)16-15(10-17)12(2)9-13(3)18-16/h5-9H,10,17H2,1-4H3. The fraction of sp³-hybridized carbons (Fsp3) is 0.312. The van der Waals surface area contributed by atoms with E-state index in [1.54, 1.807) is 0 Å². The number of hydrogen-bond acceptors (Lipinski definition) is 3. The first kappa shape index (κ1) is 13.6. The maximum absolute atomic E-state index is 5.88. The van der Waals surface area contributed by atoms with Gasteiger partial charge in [0.2, 0.25) is 0 Å². The molecule has 19 heavy (non-hydrogen) atoms. The summed E-state index contributed by atoms with van der Waals surface area (Å²) in [7, 11) is 2.04. The van der Waals surface area contributed by atoms with Crippen LogP contribution < -0.4 is 10.6 Å². The van der Waals surface area contributed by atoms with Crippen LogP contribution in [0.5, 0.6) is 0 Å². The predicted molar refractivity (Wildman–Crippen MR) is 80.8 cm³/mol. The number of nitrogens with two attached hydrogens (primary N) is 1. The van der Waals surface area contributed by atoms with Crippen LogP contribution in [0.15, 0.2) is 30.3 Å². The molecule has 2 N–H and O–H groups in total. The van der Waals surface area contributed by atoms with Crippen LogP contribution >= 0.6 is 0 Å². The number of benzene rings is 1. The molecule has 2 aromatic rings. The van der Waals surface area contributed by atoms with E-state index in [-0.39, 0.29) is 0 Å². The fourth-order valence-corrected chi connectivity index (χ4v) is 2.33. The van der Waals surface area contributed by atoms with Gasteiger partial charge < -0.3 is 10.6 Å². The van der Waals surface area contributed by atoms with Gasteiger partial charge in [-0.15, -0.1) is 0 Å². The normalized spacial score (nSPS) is 10.6. The molecule has 0 aliphatic rings. The van der Waals surface area contributed by atoms with E-state index >= 15 is 0 Å². The van der Waals surface area contributed by atoms with Crippen LogP contribution in [0.2, 0.25) is 0 Å². The Morgan fingerprint density at radius 3 is 2.53 bits per heavy atom. The van der Waals surface area contributed by atoms with Crippen molar-refractivity contribution in [1.29, 1.82) is 0 Å². The summed E-state index contributed by atoms with van der Waals surface area (Å²) in [4.78, 5) is 6.76. The van der Waals surface area contributed by atoms with Gasteiger partial charge in [-0.1, -0.05) is 12.1 Å². The topological polar surface area (TPSA) is 42.2 Å². The second kappa shape index (κ2) is 5.41. The van der Waals surface area contributed by atoms with Crippen LogP contribution in [0.3, 0.4) is 0 Å². The lowest BCUT2D eigenvalue weighted by atomic mass is 10.1. The van der Waals surface area contributed by atoms with Gasteiger partial charge in [-0.05, 0) is 50.1 Å². The molecule has 0 fully saturated rings. The second-order valence-corrected chi connectivity index (χ2v) is 4.98. The van der Waals surface area contributed by atoms with Crippen molar-refractivity contribution in [3.8, 4) is 0 Å². The van der Waals surface area contributed by atoms with Gasteiger partial charge in [0.15, 0.2) is 0 Å². The molecule has 3 heteroatoms. The lowest BCUT2D eigenvalue weighted by Crippen LogP contribution is -2.17. The molecule has 0 bridgehead atoms. The number of rotatable bonds is 3. The highest BCUT2D eigenvalue weighted by Gasteiger charge is 2.13. The third-order valence-electron chi connectivity index (χ3n) is 3.36. The van der Waals surface area contributed by atoms with Crippen molar-refractivity contribution >= 4 is 11.5 Å². The molecule has 0 saturated carbocycles. The van der Waals surface area contributed by atoms with Crippen LogP contribution in [-0.4, -0.2) is 12.0 Å². The molecule has 1 aromatic heterocycles. The largest absolute Gasteiger partial charge is 0.329 e. The Morgan fingerprint density at radius 1 is 1.16 bits per heavy atom. The summed E-state index contributed by atoms with van der Waals surface area (Å²) in [6.07, 6.45) is 0. The van der Waals surface area contributed by atoms with E-state index < -0.39 is 0 Å². The second-order valence-electron chi connectivity index (χ2n) is 4.98. The van der Waals surface area contributed by atoms with Crippen molar-refractivity contribution in [3.63, 3.8) is 0 Å². The van der Waals surface area contributed by atoms with Crippen molar-refractivity contribution in [2.45, 2.75) is 27.3 Å². The van der Waals surface area contributed by atoms with Crippen molar-refractivity contribution in [3.05, 3.63) is 52.7 Å². The number of aryl methyl sites for hydroxylation is 3. The van der Waals surface area contributed by atoms with Crippen molar-refractivity contribution < 1.29 is 0 Å². The van der Waals surface area contributed by atoms with Crippen molar-refractivity contribution in [2.24, 2.45) is 5.73 Å². The Hall–Kier alpha value is -1.87. The smallest absolute Gasteiger partial charge is 0.137 e. The third-order valence-corrected chi connectivity index (χ3v) is 3.36. The van der Waals surface area contributed by atoms with Crippen LogP contribution in [0.1, 0.15) is 22.4 Å². The highest BCUT2D eigenvalue weighted by molar-refractivity contribution is 5.64. The van der Waals surface area contributed by atoms with Gasteiger partial charge in [0, 0.05) is 30.5 Å². The van der Waals surface area contributed by atoms with E-state index in [1.165, 1.54) is 11.1 Å². The maximum Gasteiger partial charge on any atom is 0.137 e. The van der Waals surface area contributed by atoms with Crippen molar-refractivity contribution in [2.75, 3.05) is 11.9 Å². The average molecular weight is 255 g/mol. The maximum atomic E-state index is 5.88. The predicted octanol–water partition coefficient (Wildman–Crippen LogP) is 3.23. The Labute approximate surface area is 115 Å². The quantitative estimate of drug-likeness (QED) is 0.915. The molecular weight excluding hydrogens is 234 g/mol. The summed E-state index contributed by atoms with van der Waals surface area (Å²) in [6, 6.07) is 10.5. The minimum Gasteiger partial charge on any atom is -0.329 e. The zero-order chi connectivity index (χ0) is 14.0. The Bertz CT molecular complexity index is 591. The number of hydrogen-bond donors (Lipinski definition) is 1. The summed E-state index contributed by atoms with van der Waals surface area (Å²) >= 11 is 0. The minimum atomic E-state index is 0.505. The third kappa shape index (κ3) is 2.76. The summed E-state index contributed by atoms with van der Waals surface area (Å²) in [5.41, 5.74) is 11.6. The molecule has 1 heterocycles. The van der Waals surface area contributed by atoms with Gasteiger partial charge in [-0.2, -0.15) is 0 Å².